The predicted molar refractivity (Wildman–Crippen MR) is 74.2 cm³/mol. The lowest BCUT2D eigenvalue weighted by Gasteiger charge is -2.35. The van der Waals surface area contributed by atoms with Gasteiger partial charge in [0.1, 0.15) is 0 Å². The molecule has 0 spiro atoms. The largest absolute Gasteiger partial charge is 0.380 e. The Bertz CT molecular complexity index is 381. The number of hydrogen-bond acceptors (Lipinski definition) is 3. The number of methoxy groups -OCH3 is 1. The van der Waals surface area contributed by atoms with E-state index in [1.165, 1.54) is 11.1 Å². The van der Waals surface area contributed by atoms with Crippen molar-refractivity contribution < 1.29 is 4.74 Å². The van der Waals surface area contributed by atoms with Gasteiger partial charge in [0.2, 0.25) is 0 Å². The molecule has 0 aliphatic carbocycles. The summed E-state index contributed by atoms with van der Waals surface area (Å²) in [6.07, 6.45) is 1.11. The quantitative estimate of drug-likeness (QED) is 0.885. The smallest absolute Gasteiger partial charge is 0.0713 e. The second-order valence-electron chi connectivity index (χ2n) is 5.42. The van der Waals surface area contributed by atoms with E-state index in [0.717, 1.165) is 26.1 Å². The Morgan fingerprint density at radius 3 is 2.89 bits per heavy atom. The number of rotatable bonds is 4. The maximum Gasteiger partial charge on any atom is 0.0713 e. The molecule has 0 saturated carbocycles. The molecular formula is C15H24N2O. The molecule has 2 rings (SSSR count). The lowest BCUT2D eigenvalue weighted by Crippen LogP contribution is -2.45. The van der Waals surface area contributed by atoms with Crippen LogP contribution in [-0.4, -0.2) is 31.1 Å². The normalized spacial score (nSPS) is 25.3. The van der Waals surface area contributed by atoms with E-state index < -0.39 is 0 Å². The lowest BCUT2D eigenvalue weighted by atomic mass is 9.94. The fourth-order valence-corrected chi connectivity index (χ4v) is 2.64. The highest BCUT2D eigenvalue weighted by Gasteiger charge is 2.22. The molecule has 3 heteroatoms. The highest BCUT2D eigenvalue weighted by atomic mass is 16.5. The lowest BCUT2D eigenvalue weighted by molar-refractivity contribution is 0.157. The van der Waals surface area contributed by atoms with Crippen LogP contribution in [0.15, 0.2) is 24.3 Å². The maximum absolute atomic E-state index is 6.05. The van der Waals surface area contributed by atoms with Gasteiger partial charge >= 0.3 is 0 Å². The molecule has 0 amide bonds. The topological polar surface area (TPSA) is 38.5 Å². The van der Waals surface area contributed by atoms with Crippen LogP contribution in [0.25, 0.3) is 0 Å². The summed E-state index contributed by atoms with van der Waals surface area (Å²) in [4.78, 5) is 2.50. The summed E-state index contributed by atoms with van der Waals surface area (Å²) < 4.78 is 5.17. The molecule has 1 saturated heterocycles. The fraction of sp³-hybridized carbons (Fsp3) is 0.600. The predicted octanol–water partition coefficient (Wildman–Crippen LogP) is 2.00. The van der Waals surface area contributed by atoms with E-state index in [0.29, 0.717) is 18.6 Å². The van der Waals surface area contributed by atoms with Gasteiger partial charge in [0.05, 0.1) is 6.61 Å². The zero-order valence-corrected chi connectivity index (χ0v) is 11.4. The Morgan fingerprint density at radius 2 is 2.17 bits per heavy atom. The van der Waals surface area contributed by atoms with Gasteiger partial charge in [0.15, 0.2) is 0 Å². The molecule has 0 aromatic heterocycles. The molecular weight excluding hydrogens is 224 g/mol. The number of ether oxygens (including phenoxy) is 1. The van der Waals surface area contributed by atoms with Crippen LogP contribution in [0.4, 0.5) is 0 Å². The van der Waals surface area contributed by atoms with E-state index in [1.54, 1.807) is 7.11 Å². The Morgan fingerprint density at radius 1 is 1.39 bits per heavy atom. The van der Waals surface area contributed by atoms with Crippen LogP contribution in [0.1, 0.15) is 24.5 Å². The summed E-state index contributed by atoms with van der Waals surface area (Å²) in [5.74, 6) is 0.598. The van der Waals surface area contributed by atoms with Gasteiger partial charge in [0.25, 0.3) is 0 Å². The number of nitrogens with two attached hydrogens (primary N) is 1. The first-order valence-electron chi connectivity index (χ1n) is 6.73. The highest BCUT2D eigenvalue weighted by Crippen LogP contribution is 2.18. The minimum Gasteiger partial charge on any atom is -0.380 e. The van der Waals surface area contributed by atoms with E-state index in [9.17, 15) is 0 Å². The minimum absolute atomic E-state index is 0.376. The zero-order valence-electron chi connectivity index (χ0n) is 11.4. The standard InChI is InChI=1S/C15H24N2O/c1-12-9-17(7-6-15(12)16)10-13-4-3-5-14(8-13)11-18-2/h3-5,8,12,15H,6-7,9-11,16H2,1-2H3. The van der Waals surface area contributed by atoms with Crippen molar-refractivity contribution in [1.82, 2.24) is 4.90 Å². The third-order valence-corrected chi connectivity index (χ3v) is 3.76. The molecule has 2 N–H and O–H groups in total. The molecule has 2 atom stereocenters. The summed E-state index contributed by atoms with van der Waals surface area (Å²) >= 11 is 0. The summed E-state index contributed by atoms with van der Waals surface area (Å²) in [7, 11) is 1.74. The summed E-state index contributed by atoms with van der Waals surface area (Å²) in [5.41, 5.74) is 8.67. The van der Waals surface area contributed by atoms with Crippen LogP contribution in [0.3, 0.4) is 0 Å². The molecule has 1 aliphatic heterocycles. The van der Waals surface area contributed by atoms with Crippen molar-refractivity contribution in [2.24, 2.45) is 11.7 Å². The van der Waals surface area contributed by atoms with Gasteiger partial charge in [-0.3, -0.25) is 4.90 Å². The van der Waals surface area contributed by atoms with Crippen molar-refractivity contribution in [1.29, 1.82) is 0 Å². The van der Waals surface area contributed by atoms with Crippen molar-refractivity contribution in [3.63, 3.8) is 0 Å². The van der Waals surface area contributed by atoms with Crippen LogP contribution >= 0.6 is 0 Å². The van der Waals surface area contributed by atoms with Crippen molar-refractivity contribution >= 4 is 0 Å². The molecule has 100 valence electrons. The van der Waals surface area contributed by atoms with Crippen LogP contribution in [-0.2, 0) is 17.9 Å². The number of hydrogen-bond donors (Lipinski definition) is 1. The molecule has 1 heterocycles. The van der Waals surface area contributed by atoms with Gasteiger partial charge < -0.3 is 10.5 Å². The molecule has 1 aliphatic rings. The Balaban J connectivity index is 1.94. The second kappa shape index (κ2) is 6.32. The molecule has 2 unspecified atom stereocenters. The molecule has 18 heavy (non-hydrogen) atoms. The van der Waals surface area contributed by atoms with Gasteiger partial charge in [-0.1, -0.05) is 31.2 Å². The van der Waals surface area contributed by atoms with E-state index >= 15 is 0 Å². The van der Waals surface area contributed by atoms with Crippen LogP contribution in [0.5, 0.6) is 0 Å². The third-order valence-electron chi connectivity index (χ3n) is 3.76. The second-order valence-corrected chi connectivity index (χ2v) is 5.42. The number of likely N-dealkylation sites (tertiary alicyclic amines) is 1. The first-order chi connectivity index (χ1) is 8.69. The third kappa shape index (κ3) is 3.55. The average Bonchev–Trinajstić information content (AvgIpc) is 2.35. The Hall–Kier alpha value is -0.900. The molecule has 0 radical (unpaired) electrons. The van der Waals surface area contributed by atoms with E-state index in [1.807, 2.05) is 0 Å². The van der Waals surface area contributed by atoms with Crippen molar-refractivity contribution in [3.05, 3.63) is 35.4 Å². The maximum atomic E-state index is 6.05. The molecule has 0 bridgehead atoms. The van der Waals surface area contributed by atoms with Gasteiger partial charge in [-0.2, -0.15) is 0 Å². The highest BCUT2D eigenvalue weighted by molar-refractivity contribution is 5.23. The monoisotopic (exact) mass is 248 g/mol. The SMILES string of the molecule is COCc1cccc(CN2CCC(N)C(C)C2)c1. The minimum atomic E-state index is 0.376. The molecule has 1 fully saturated rings. The van der Waals surface area contributed by atoms with Crippen molar-refractivity contribution in [2.75, 3.05) is 20.2 Å². The summed E-state index contributed by atoms with van der Waals surface area (Å²) in [6, 6.07) is 9.03. The number of benzene rings is 1. The van der Waals surface area contributed by atoms with E-state index in [-0.39, 0.29) is 0 Å². The first-order valence-corrected chi connectivity index (χ1v) is 6.73. The van der Waals surface area contributed by atoms with Gasteiger partial charge in [-0.15, -0.1) is 0 Å². The number of piperidine rings is 1. The molecule has 1 aromatic rings. The van der Waals surface area contributed by atoms with Crippen LogP contribution in [0, 0.1) is 5.92 Å². The Kier molecular flexibility index (Phi) is 4.75. The number of nitrogens with zero attached hydrogens (tertiary/aromatic N) is 1. The van der Waals surface area contributed by atoms with E-state index in [2.05, 4.69) is 36.1 Å². The van der Waals surface area contributed by atoms with Gasteiger partial charge in [-0.25, -0.2) is 0 Å². The molecule has 3 nitrogen and oxygen atoms in total. The van der Waals surface area contributed by atoms with Gasteiger partial charge in [-0.05, 0) is 30.0 Å². The van der Waals surface area contributed by atoms with Crippen LogP contribution in [0.2, 0.25) is 0 Å². The van der Waals surface area contributed by atoms with Crippen molar-refractivity contribution in [3.8, 4) is 0 Å². The summed E-state index contributed by atoms with van der Waals surface area (Å²) in [6.45, 7) is 6.18. The summed E-state index contributed by atoms with van der Waals surface area (Å²) in [5, 5.41) is 0. The molecule has 1 aromatic carbocycles. The fourth-order valence-electron chi connectivity index (χ4n) is 2.64. The zero-order chi connectivity index (χ0) is 13.0. The average molecular weight is 248 g/mol. The van der Waals surface area contributed by atoms with Crippen molar-refractivity contribution in [2.45, 2.75) is 32.5 Å². The van der Waals surface area contributed by atoms with Gasteiger partial charge in [0, 0.05) is 26.2 Å². The first kappa shape index (κ1) is 13.5. The van der Waals surface area contributed by atoms with Crippen LogP contribution < -0.4 is 5.73 Å². The van der Waals surface area contributed by atoms with E-state index in [4.69, 9.17) is 10.5 Å². The Labute approximate surface area is 110 Å².